The van der Waals surface area contributed by atoms with Crippen LogP contribution < -0.4 is 0 Å². The van der Waals surface area contributed by atoms with Gasteiger partial charge in [-0.05, 0) is 5.56 Å². The highest BCUT2D eigenvalue weighted by Gasteiger charge is 2.23. The zero-order chi connectivity index (χ0) is 10.7. The monoisotopic (exact) mass is 202 g/mol. The van der Waals surface area contributed by atoms with Crippen molar-refractivity contribution < 1.29 is 9.47 Å². The zero-order valence-electron chi connectivity index (χ0n) is 8.61. The van der Waals surface area contributed by atoms with Crippen LogP contribution in [0, 0.1) is 0 Å². The summed E-state index contributed by atoms with van der Waals surface area (Å²) in [5.74, 6) is 0.681. The lowest BCUT2D eigenvalue weighted by molar-refractivity contribution is 0.234. The molecule has 0 spiro atoms. The fraction of sp³-hybridized carbons (Fsp3) is 0.231. The van der Waals surface area contributed by atoms with E-state index in [1.807, 2.05) is 24.3 Å². The van der Waals surface area contributed by atoms with E-state index in [-0.39, 0.29) is 6.10 Å². The summed E-state index contributed by atoms with van der Waals surface area (Å²) < 4.78 is 10.6. The van der Waals surface area contributed by atoms with E-state index >= 15 is 0 Å². The van der Waals surface area contributed by atoms with E-state index in [4.69, 9.17) is 9.47 Å². The van der Waals surface area contributed by atoms with E-state index < -0.39 is 0 Å². The Morgan fingerprint density at radius 2 is 2.27 bits per heavy atom. The molecule has 1 aromatic rings. The molecule has 15 heavy (non-hydrogen) atoms. The van der Waals surface area contributed by atoms with Crippen molar-refractivity contribution in [2.45, 2.75) is 6.10 Å². The minimum absolute atomic E-state index is 0.262. The Morgan fingerprint density at radius 3 is 2.93 bits per heavy atom. The van der Waals surface area contributed by atoms with Crippen molar-refractivity contribution in [1.82, 2.24) is 0 Å². The van der Waals surface area contributed by atoms with Crippen LogP contribution >= 0.6 is 0 Å². The molecule has 0 aromatic heterocycles. The molecule has 2 heteroatoms. The van der Waals surface area contributed by atoms with Gasteiger partial charge in [-0.2, -0.15) is 0 Å². The van der Waals surface area contributed by atoms with Crippen LogP contribution in [0.1, 0.15) is 11.1 Å². The van der Waals surface area contributed by atoms with Crippen molar-refractivity contribution in [3.8, 4) is 0 Å². The molecular weight excluding hydrogens is 188 g/mol. The molecule has 0 amide bonds. The van der Waals surface area contributed by atoms with Gasteiger partial charge < -0.3 is 9.47 Å². The predicted octanol–water partition coefficient (Wildman–Crippen LogP) is 2.72. The van der Waals surface area contributed by atoms with E-state index in [0.717, 1.165) is 17.7 Å². The van der Waals surface area contributed by atoms with Gasteiger partial charge in [-0.15, -0.1) is 0 Å². The number of hydrogen-bond donors (Lipinski definition) is 0. The average Bonchev–Trinajstić information content (AvgIpc) is 3.09. The molecule has 0 saturated carbocycles. The summed E-state index contributed by atoms with van der Waals surface area (Å²) in [7, 11) is 0. The first-order valence-electron chi connectivity index (χ1n) is 4.96. The molecule has 1 saturated heterocycles. The lowest BCUT2D eigenvalue weighted by atomic mass is 10.1. The minimum Gasteiger partial charge on any atom is -0.491 e. The van der Waals surface area contributed by atoms with Gasteiger partial charge in [-0.3, -0.25) is 0 Å². The molecule has 0 bridgehead atoms. The third-order valence-electron chi connectivity index (χ3n) is 2.33. The van der Waals surface area contributed by atoms with E-state index in [1.54, 1.807) is 6.08 Å². The van der Waals surface area contributed by atoms with Crippen LogP contribution in [-0.2, 0) is 9.47 Å². The van der Waals surface area contributed by atoms with Crippen LogP contribution in [0.25, 0.3) is 11.8 Å². The van der Waals surface area contributed by atoms with Crippen LogP contribution in [-0.4, -0.2) is 19.3 Å². The molecule has 0 aliphatic carbocycles. The maximum absolute atomic E-state index is 5.53. The second-order valence-electron chi connectivity index (χ2n) is 3.48. The summed E-state index contributed by atoms with van der Waals surface area (Å²) in [4.78, 5) is 0. The first kappa shape index (κ1) is 9.99. The zero-order valence-corrected chi connectivity index (χ0v) is 8.61. The quantitative estimate of drug-likeness (QED) is 0.541. The molecule has 1 heterocycles. The summed E-state index contributed by atoms with van der Waals surface area (Å²) in [5, 5.41) is 0. The summed E-state index contributed by atoms with van der Waals surface area (Å²) in [6, 6.07) is 7.90. The Hall–Kier alpha value is -1.54. The topological polar surface area (TPSA) is 21.8 Å². The summed E-state index contributed by atoms with van der Waals surface area (Å²) >= 11 is 0. The highest BCUT2D eigenvalue weighted by atomic mass is 16.6. The molecule has 0 N–H and O–H groups in total. The largest absolute Gasteiger partial charge is 0.491 e. The van der Waals surface area contributed by atoms with Crippen molar-refractivity contribution in [1.29, 1.82) is 0 Å². The summed E-state index contributed by atoms with van der Waals surface area (Å²) in [6.07, 6.45) is 2.06. The van der Waals surface area contributed by atoms with Crippen molar-refractivity contribution >= 4 is 11.8 Å². The van der Waals surface area contributed by atoms with E-state index in [2.05, 4.69) is 13.2 Å². The minimum atomic E-state index is 0.262. The van der Waals surface area contributed by atoms with Crippen molar-refractivity contribution in [2.75, 3.05) is 13.2 Å². The Kier molecular flexibility index (Phi) is 2.88. The molecule has 1 aromatic carbocycles. The molecule has 1 unspecified atom stereocenters. The standard InChI is InChI=1S/C13H14O2/c1-3-11-6-4-5-7-13(11)10(2)14-8-12-9-15-12/h3-7,12H,1-2,8-9H2. The van der Waals surface area contributed by atoms with Crippen LogP contribution in [0.3, 0.4) is 0 Å². The van der Waals surface area contributed by atoms with Crippen LogP contribution in [0.5, 0.6) is 0 Å². The maximum atomic E-state index is 5.53. The fourth-order valence-corrected chi connectivity index (χ4v) is 1.36. The normalized spacial score (nSPS) is 18.3. The SMILES string of the molecule is C=Cc1ccccc1C(=C)OCC1CO1. The Bertz CT molecular complexity index is 378. The second kappa shape index (κ2) is 4.32. The van der Waals surface area contributed by atoms with Gasteiger partial charge in [0.2, 0.25) is 0 Å². The van der Waals surface area contributed by atoms with Gasteiger partial charge in [0, 0.05) is 5.56 Å². The van der Waals surface area contributed by atoms with E-state index in [1.165, 1.54) is 0 Å². The Balaban J connectivity index is 2.05. The van der Waals surface area contributed by atoms with E-state index in [9.17, 15) is 0 Å². The lowest BCUT2D eigenvalue weighted by Gasteiger charge is -2.10. The molecule has 1 aliphatic heterocycles. The first-order chi connectivity index (χ1) is 7.31. The summed E-state index contributed by atoms with van der Waals surface area (Å²) in [6.45, 7) is 9.06. The van der Waals surface area contributed by atoms with Gasteiger partial charge in [-0.1, -0.05) is 43.5 Å². The van der Waals surface area contributed by atoms with Gasteiger partial charge >= 0.3 is 0 Å². The third-order valence-corrected chi connectivity index (χ3v) is 2.33. The van der Waals surface area contributed by atoms with Gasteiger partial charge in [0.15, 0.2) is 0 Å². The number of ether oxygens (including phenoxy) is 2. The van der Waals surface area contributed by atoms with Crippen molar-refractivity contribution in [2.24, 2.45) is 0 Å². The maximum Gasteiger partial charge on any atom is 0.120 e. The predicted molar refractivity (Wildman–Crippen MR) is 61.3 cm³/mol. The van der Waals surface area contributed by atoms with Gasteiger partial charge in [0.25, 0.3) is 0 Å². The first-order valence-corrected chi connectivity index (χ1v) is 4.96. The number of hydrogen-bond acceptors (Lipinski definition) is 2. The average molecular weight is 202 g/mol. The van der Waals surface area contributed by atoms with Gasteiger partial charge in [0.05, 0.1) is 6.61 Å². The molecule has 1 atom stereocenters. The molecular formula is C13H14O2. The van der Waals surface area contributed by atoms with Gasteiger partial charge in [0.1, 0.15) is 18.5 Å². The second-order valence-corrected chi connectivity index (χ2v) is 3.48. The van der Waals surface area contributed by atoms with Crippen molar-refractivity contribution in [3.63, 3.8) is 0 Å². The van der Waals surface area contributed by atoms with Gasteiger partial charge in [-0.25, -0.2) is 0 Å². The number of rotatable bonds is 5. The van der Waals surface area contributed by atoms with Crippen LogP contribution in [0.15, 0.2) is 37.4 Å². The third kappa shape index (κ3) is 2.48. The Labute approximate surface area is 89.8 Å². The van der Waals surface area contributed by atoms with Crippen molar-refractivity contribution in [3.05, 3.63) is 48.6 Å². The molecule has 1 aliphatic rings. The molecule has 0 radical (unpaired) electrons. The molecule has 2 rings (SSSR count). The molecule has 2 nitrogen and oxygen atoms in total. The van der Waals surface area contributed by atoms with Crippen LogP contribution in [0.4, 0.5) is 0 Å². The van der Waals surface area contributed by atoms with Crippen LogP contribution in [0.2, 0.25) is 0 Å². The number of epoxide rings is 1. The highest BCUT2D eigenvalue weighted by molar-refractivity contribution is 5.68. The smallest absolute Gasteiger partial charge is 0.120 e. The Morgan fingerprint density at radius 1 is 1.53 bits per heavy atom. The fourth-order valence-electron chi connectivity index (χ4n) is 1.36. The number of benzene rings is 1. The lowest BCUT2D eigenvalue weighted by Crippen LogP contribution is -2.01. The highest BCUT2D eigenvalue weighted by Crippen LogP contribution is 2.21. The summed E-state index contributed by atoms with van der Waals surface area (Å²) in [5.41, 5.74) is 2.03. The molecule has 78 valence electrons. The van der Waals surface area contributed by atoms with E-state index in [0.29, 0.717) is 12.4 Å². The molecule has 1 fully saturated rings.